The normalized spacial score (nSPS) is 20.5. The number of likely N-dealkylation sites (tertiary alicyclic amines) is 1. The van der Waals surface area contributed by atoms with Crippen molar-refractivity contribution in [3.05, 3.63) is 60.2 Å². The van der Waals surface area contributed by atoms with E-state index in [2.05, 4.69) is 38.1 Å². The molecule has 1 aliphatic heterocycles. The summed E-state index contributed by atoms with van der Waals surface area (Å²) >= 11 is 1.65. The molecule has 0 aliphatic carbocycles. The van der Waals surface area contributed by atoms with Crippen LogP contribution in [-0.4, -0.2) is 29.2 Å². The molecule has 0 saturated carbocycles. The van der Waals surface area contributed by atoms with Crippen LogP contribution in [0.3, 0.4) is 0 Å². The summed E-state index contributed by atoms with van der Waals surface area (Å²) in [5.41, 5.74) is 1.16. The van der Waals surface area contributed by atoms with Crippen LogP contribution in [-0.2, 0) is 4.79 Å². The lowest BCUT2D eigenvalue weighted by Crippen LogP contribution is -2.59. The number of benzene rings is 2. The molecule has 0 radical (unpaired) electrons. The number of nitrogens with zero attached hydrogens (tertiary/aromatic N) is 1. The van der Waals surface area contributed by atoms with Crippen LogP contribution >= 0.6 is 11.8 Å². The molecule has 0 spiro atoms. The molecule has 23 heavy (non-hydrogen) atoms. The van der Waals surface area contributed by atoms with E-state index in [1.165, 1.54) is 0 Å². The van der Waals surface area contributed by atoms with Crippen LogP contribution in [0, 0.1) is 0 Å². The second-order valence-electron chi connectivity index (χ2n) is 5.91. The van der Waals surface area contributed by atoms with Crippen LogP contribution in [0.5, 0.6) is 5.75 Å². The molecule has 0 aromatic heterocycles. The van der Waals surface area contributed by atoms with Gasteiger partial charge < -0.3 is 9.64 Å². The van der Waals surface area contributed by atoms with Gasteiger partial charge in [-0.1, -0.05) is 30.3 Å². The molecule has 2 atom stereocenters. The molecule has 2 aromatic rings. The Kier molecular flexibility index (Phi) is 4.62. The smallest absolute Gasteiger partial charge is 0.239 e. The SMILES string of the molecule is COc1ccc([C@@H]2[C@@H](Sc3ccccc3)C(=O)N2C(C)C)cc1. The Morgan fingerprint density at radius 1 is 1.04 bits per heavy atom. The van der Waals surface area contributed by atoms with Crippen molar-refractivity contribution < 1.29 is 9.53 Å². The number of rotatable bonds is 5. The zero-order valence-electron chi connectivity index (χ0n) is 13.6. The Labute approximate surface area is 141 Å². The second kappa shape index (κ2) is 6.67. The molecule has 3 nitrogen and oxygen atoms in total. The first kappa shape index (κ1) is 15.9. The monoisotopic (exact) mass is 327 g/mol. The molecule has 3 rings (SSSR count). The molecule has 0 N–H and O–H groups in total. The number of ether oxygens (including phenoxy) is 1. The Morgan fingerprint density at radius 3 is 2.26 bits per heavy atom. The van der Waals surface area contributed by atoms with E-state index >= 15 is 0 Å². The van der Waals surface area contributed by atoms with Crippen LogP contribution < -0.4 is 4.74 Å². The highest BCUT2D eigenvalue weighted by Crippen LogP contribution is 2.46. The molecule has 1 fully saturated rings. The standard InChI is InChI=1S/C19H21NO2S/c1-13(2)20-17(14-9-11-15(22-3)12-10-14)18(19(20)21)23-16-7-5-4-6-8-16/h4-13,17-18H,1-3H3/t17-,18-/m1/s1. The molecule has 0 bridgehead atoms. The molecule has 1 aliphatic rings. The molecule has 2 aromatic carbocycles. The molecule has 120 valence electrons. The van der Waals surface area contributed by atoms with E-state index in [9.17, 15) is 4.79 Å². The third-order valence-corrected chi connectivity index (χ3v) is 5.36. The van der Waals surface area contributed by atoms with Gasteiger partial charge in [-0.05, 0) is 43.7 Å². The lowest BCUT2D eigenvalue weighted by atomic mass is 9.91. The Morgan fingerprint density at radius 2 is 1.70 bits per heavy atom. The second-order valence-corrected chi connectivity index (χ2v) is 7.12. The third-order valence-electron chi connectivity index (χ3n) is 4.10. The number of carbonyl (C=O) groups excluding carboxylic acids is 1. The van der Waals surface area contributed by atoms with Gasteiger partial charge in [-0.3, -0.25) is 4.79 Å². The van der Waals surface area contributed by atoms with Crippen molar-refractivity contribution in [1.82, 2.24) is 4.90 Å². The summed E-state index contributed by atoms with van der Waals surface area (Å²) in [4.78, 5) is 15.7. The highest BCUT2D eigenvalue weighted by atomic mass is 32.2. The fourth-order valence-electron chi connectivity index (χ4n) is 2.96. The van der Waals surface area contributed by atoms with Gasteiger partial charge in [-0.15, -0.1) is 11.8 Å². The number of carbonyl (C=O) groups is 1. The number of hydrogen-bond donors (Lipinski definition) is 0. The third kappa shape index (κ3) is 3.08. The van der Waals surface area contributed by atoms with E-state index in [1.807, 2.05) is 35.2 Å². The Bertz CT molecular complexity index is 670. The van der Waals surface area contributed by atoms with Crippen LogP contribution in [0.25, 0.3) is 0 Å². The minimum Gasteiger partial charge on any atom is -0.497 e. The lowest BCUT2D eigenvalue weighted by Gasteiger charge is -2.49. The minimum atomic E-state index is -0.0619. The number of amides is 1. The summed E-state index contributed by atoms with van der Waals surface area (Å²) < 4.78 is 5.23. The van der Waals surface area contributed by atoms with Crippen LogP contribution in [0.4, 0.5) is 0 Å². The van der Waals surface area contributed by atoms with Crippen molar-refractivity contribution in [2.45, 2.75) is 36.1 Å². The van der Waals surface area contributed by atoms with Crippen molar-refractivity contribution in [2.24, 2.45) is 0 Å². The highest BCUT2D eigenvalue weighted by molar-refractivity contribution is 8.00. The van der Waals surface area contributed by atoms with E-state index in [0.717, 1.165) is 16.2 Å². The van der Waals surface area contributed by atoms with Crippen molar-refractivity contribution in [3.8, 4) is 5.75 Å². The molecule has 0 unspecified atom stereocenters. The summed E-state index contributed by atoms with van der Waals surface area (Å²) in [6, 6.07) is 18.5. The molecule has 1 saturated heterocycles. The van der Waals surface area contributed by atoms with Gasteiger partial charge in [-0.25, -0.2) is 0 Å². The highest BCUT2D eigenvalue weighted by Gasteiger charge is 2.49. The Balaban J connectivity index is 1.86. The largest absolute Gasteiger partial charge is 0.497 e. The average molecular weight is 327 g/mol. The Hall–Kier alpha value is -1.94. The van der Waals surface area contributed by atoms with Crippen molar-refractivity contribution in [1.29, 1.82) is 0 Å². The van der Waals surface area contributed by atoms with Crippen molar-refractivity contribution in [3.63, 3.8) is 0 Å². The van der Waals surface area contributed by atoms with Gasteiger partial charge in [-0.2, -0.15) is 0 Å². The maximum absolute atomic E-state index is 12.6. The quantitative estimate of drug-likeness (QED) is 0.773. The number of methoxy groups -OCH3 is 1. The van der Waals surface area contributed by atoms with E-state index in [0.29, 0.717) is 0 Å². The van der Waals surface area contributed by atoms with Gasteiger partial charge in [0, 0.05) is 10.9 Å². The van der Waals surface area contributed by atoms with Crippen molar-refractivity contribution >= 4 is 17.7 Å². The van der Waals surface area contributed by atoms with Gasteiger partial charge in [0.1, 0.15) is 11.0 Å². The van der Waals surface area contributed by atoms with E-state index in [4.69, 9.17) is 4.74 Å². The summed E-state index contributed by atoms with van der Waals surface area (Å²) in [6.45, 7) is 4.13. The summed E-state index contributed by atoms with van der Waals surface area (Å²) in [7, 11) is 1.66. The van der Waals surface area contributed by atoms with Crippen LogP contribution in [0.15, 0.2) is 59.5 Å². The first-order chi connectivity index (χ1) is 11.1. The zero-order chi connectivity index (χ0) is 16.4. The van der Waals surface area contributed by atoms with Gasteiger partial charge in [0.2, 0.25) is 5.91 Å². The van der Waals surface area contributed by atoms with Gasteiger partial charge in [0.15, 0.2) is 0 Å². The maximum Gasteiger partial charge on any atom is 0.239 e. The van der Waals surface area contributed by atoms with Crippen molar-refractivity contribution in [2.75, 3.05) is 7.11 Å². The van der Waals surface area contributed by atoms with Gasteiger partial charge in [0.25, 0.3) is 0 Å². The minimum absolute atomic E-state index is 0.0619. The molecule has 4 heteroatoms. The molecular formula is C19H21NO2S. The first-order valence-corrected chi connectivity index (χ1v) is 8.67. The fraction of sp³-hybridized carbons (Fsp3) is 0.316. The molecule has 1 heterocycles. The van der Waals surface area contributed by atoms with E-state index < -0.39 is 0 Å². The van der Waals surface area contributed by atoms with Crippen LogP contribution in [0.2, 0.25) is 0 Å². The summed E-state index contributed by atoms with van der Waals surface area (Å²) in [5, 5.41) is -0.0619. The summed E-state index contributed by atoms with van der Waals surface area (Å²) in [5.74, 6) is 1.05. The van der Waals surface area contributed by atoms with E-state index in [1.54, 1.807) is 18.9 Å². The summed E-state index contributed by atoms with van der Waals surface area (Å²) in [6.07, 6.45) is 0. The van der Waals surface area contributed by atoms with E-state index in [-0.39, 0.29) is 23.2 Å². The number of β-lactam (4-membered cyclic amide) rings is 1. The number of thioether (sulfide) groups is 1. The predicted octanol–water partition coefficient (Wildman–Crippen LogP) is 4.15. The first-order valence-electron chi connectivity index (χ1n) is 7.79. The zero-order valence-corrected chi connectivity index (χ0v) is 14.4. The molecular weight excluding hydrogens is 306 g/mol. The average Bonchev–Trinajstić information content (AvgIpc) is 2.58. The van der Waals surface area contributed by atoms with Gasteiger partial charge in [0.05, 0.1) is 13.2 Å². The maximum atomic E-state index is 12.6. The predicted molar refractivity (Wildman–Crippen MR) is 93.8 cm³/mol. The van der Waals surface area contributed by atoms with Crippen LogP contribution in [0.1, 0.15) is 25.5 Å². The molecule has 1 amide bonds. The number of hydrogen-bond acceptors (Lipinski definition) is 3. The topological polar surface area (TPSA) is 29.5 Å². The van der Waals surface area contributed by atoms with Gasteiger partial charge >= 0.3 is 0 Å². The lowest BCUT2D eigenvalue weighted by molar-refractivity contribution is -0.147. The fourth-order valence-corrected chi connectivity index (χ4v) is 4.20.